The van der Waals surface area contributed by atoms with E-state index in [1.165, 1.54) is 19.3 Å². The lowest BCUT2D eigenvalue weighted by Crippen LogP contribution is -2.32. The van der Waals surface area contributed by atoms with Crippen molar-refractivity contribution in [3.8, 4) is 0 Å². The maximum atomic E-state index is 6.42. The molecule has 0 saturated carbocycles. The van der Waals surface area contributed by atoms with Crippen molar-refractivity contribution >= 4 is 53.0 Å². The van der Waals surface area contributed by atoms with E-state index in [0.717, 1.165) is 35.7 Å². The Bertz CT molecular complexity index is 1420. The van der Waals surface area contributed by atoms with Crippen molar-refractivity contribution in [3.63, 3.8) is 0 Å². The van der Waals surface area contributed by atoms with Crippen LogP contribution in [0.3, 0.4) is 0 Å². The molecule has 2 aromatic heterocycles. The average Bonchev–Trinajstić information content (AvgIpc) is 3.20. The van der Waals surface area contributed by atoms with Crippen molar-refractivity contribution in [2.24, 2.45) is 5.10 Å². The lowest BCUT2D eigenvalue weighted by Gasteiger charge is -2.25. The number of halogens is 2. The summed E-state index contributed by atoms with van der Waals surface area (Å²) in [6, 6.07) is 17.3. The number of pyridine rings is 1. The van der Waals surface area contributed by atoms with Gasteiger partial charge in [-0.05, 0) is 79.6 Å². The molecule has 1 fully saturated rings. The van der Waals surface area contributed by atoms with Gasteiger partial charge in [0.1, 0.15) is 0 Å². The first-order chi connectivity index (χ1) is 18.1. The number of nitrogens with one attached hydrogen (secondary N) is 1. The van der Waals surface area contributed by atoms with Crippen LogP contribution in [0.5, 0.6) is 0 Å². The highest BCUT2D eigenvalue weighted by Gasteiger charge is 2.17. The second-order valence-electron chi connectivity index (χ2n) is 8.91. The van der Waals surface area contributed by atoms with Gasteiger partial charge in [0.05, 0.1) is 28.6 Å². The Morgan fingerprint density at radius 1 is 0.946 bits per heavy atom. The van der Waals surface area contributed by atoms with E-state index >= 15 is 0 Å². The van der Waals surface area contributed by atoms with E-state index in [0.29, 0.717) is 33.6 Å². The number of hydrogen-bond acceptors (Lipinski definition) is 6. The Kier molecular flexibility index (Phi) is 8.31. The zero-order valence-electron chi connectivity index (χ0n) is 20.2. The summed E-state index contributed by atoms with van der Waals surface area (Å²) in [7, 11) is 0. The number of aromatic nitrogens is 4. The first-order valence-electron chi connectivity index (χ1n) is 12.2. The first-order valence-corrected chi connectivity index (χ1v) is 13.4. The van der Waals surface area contributed by atoms with E-state index in [1.54, 1.807) is 23.3 Å². The van der Waals surface area contributed by atoms with Gasteiger partial charge in [-0.2, -0.15) is 14.9 Å². The zero-order chi connectivity index (χ0) is 25.6. The van der Waals surface area contributed by atoms with E-state index in [9.17, 15) is 0 Å². The number of nitrogens with zero attached hydrogens (tertiary/aromatic N) is 6. The molecule has 0 bridgehead atoms. The summed E-state index contributed by atoms with van der Waals surface area (Å²) < 4.78 is 4.19. The molecular weight excluding hydrogens is 525 g/mol. The molecular formula is C27H27Cl2N7S. The summed E-state index contributed by atoms with van der Waals surface area (Å²) in [6.45, 7) is 2.75. The van der Waals surface area contributed by atoms with Gasteiger partial charge in [-0.15, -0.1) is 0 Å². The van der Waals surface area contributed by atoms with Crippen LogP contribution in [0.4, 0.5) is 11.4 Å². The van der Waals surface area contributed by atoms with Gasteiger partial charge < -0.3 is 5.32 Å². The molecule has 4 aromatic rings. The van der Waals surface area contributed by atoms with Crippen molar-refractivity contribution in [1.29, 1.82) is 0 Å². The van der Waals surface area contributed by atoms with Gasteiger partial charge >= 0.3 is 0 Å². The van der Waals surface area contributed by atoms with Crippen molar-refractivity contribution in [3.05, 3.63) is 98.8 Å². The van der Waals surface area contributed by atoms with E-state index in [2.05, 4.69) is 21.3 Å². The average molecular weight is 553 g/mol. The first kappa shape index (κ1) is 25.6. The number of benzene rings is 2. The molecule has 1 saturated heterocycles. The van der Waals surface area contributed by atoms with Crippen LogP contribution in [0.1, 0.15) is 36.2 Å². The Balaban J connectivity index is 1.49. The summed E-state index contributed by atoms with van der Waals surface area (Å²) in [5.74, 6) is 0.742. The smallest absolute Gasteiger partial charge is 0.220 e. The van der Waals surface area contributed by atoms with Gasteiger partial charge in [0.25, 0.3) is 0 Å². The van der Waals surface area contributed by atoms with Crippen LogP contribution in [0.2, 0.25) is 10.0 Å². The third-order valence-corrected chi connectivity index (χ3v) is 7.30. The largest absolute Gasteiger partial charge is 0.353 e. The van der Waals surface area contributed by atoms with Crippen LogP contribution >= 0.6 is 35.4 Å². The highest BCUT2D eigenvalue weighted by Crippen LogP contribution is 2.34. The quantitative estimate of drug-likeness (QED) is 0.193. The van der Waals surface area contributed by atoms with Crippen LogP contribution in [-0.4, -0.2) is 43.6 Å². The Morgan fingerprint density at radius 2 is 1.68 bits per heavy atom. The molecule has 1 aliphatic heterocycles. The van der Waals surface area contributed by atoms with Crippen LogP contribution < -0.4 is 5.32 Å². The second kappa shape index (κ2) is 12.0. The van der Waals surface area contributed by atoms with E-state index < -0.39 is 0 Å². The fourth-order valence-corrected chi connectivity index (χ4v) is 5.09. The molecule has 0 amide bonds. The summed E-state index contributed by atoms with van der Waals surface area (Å²) in [6.07, 6.45) is 9.44. The second-order valence-corrected chi connectivity index (χ2v) is 10.1. The van der Waals surface area contributed by atoms with Crippen LogP contribution in [0, 0.1) is 4.77 Å². The van der Waals surface area contributed by atoms with E-state index in [-0.39, 0.29) is 0 Å². The molecule has 190 valence electrons. The molecule has 0 radical (unpaired) electrons. The molecule has 0 spiro atoms. The minimum atomic E-state index is 0.509. The van der Waals surface area contributed by atoms with Crippen LogP contribution in [-0.2, 0) is 13.1 Å². The summed E-state index contributed by atoms with van der Waals surface area (Å²) in [5, 5.41) is 14.2. The maximum absolute atomic E-state index is 6.42. The molecule has 0 unspecified atom stereocenters. The Morgan fingerprint density at radius 3 is 2.43 bits per heavy atom. The normalized spacial score (nSPS) is 14.3. The van der Waals surface area contributed by atoms with E-state index in [4.69, 9.17) is 45.6 Å². The fourth-order valence-electron chi connectivity index (χ4n) is 4.35. The molecule has 2 aromatic carbocycles. The third-order valence-electron chi connectivity index (χ3n) is 6.28. The Hall–Kier alpha value is -3.04. The summed E-state index contributed by atoms with van der Waals surface area (Å²) in [4.78, 5) is 6.47. The predicted octanol–water partition coefficient (Wildman–Crippen LogP) is 6.78. The minimum Gasteiger partial charge on any atom is -0.353 e. The molecule has 10 heteroatoms. The lowest BCUT2D eigenvalue weighted by molar-refractivity contribution is 0.172. The van der Waals surface area contributed by atoms with Gasteiger partial charge in [0.2, 0.25) is 4.77 Å². The topological polar surface area (TPSA) is 63.3 Å². The molecule has 3 heterocycles. The standard InChI is InChI=1S/C27H27Cl2N7S/c28-22-8-6-9-23(29)26(22)32-24-10-3-2-7-21(24)17-25-33-35(19-34-15-4-1-5-16-34)27(37)36(25)31-18-20-11-13-30-14-12-20/h2-3,6-14,18,32H,1,4-5,15-17,19H2/b31-18+. The van der Waals surface area contributed by atoms with Crippen LogP contribution in [0.15, 0.2) is 72.1 Å². The number of para-hydroxylation sites is 2. The number of rotatable bonds is 8. The zero-order valence-corrected chi connectivity index (χ0v) is 22.6. The molecule has 0 aliphatic carbocycles. The van der Waals surface area contributed by atoms with Crippen molar-refractivity contribution in [2.45, 2.75) is 32.4 Å². The highest BCUT2D eigenvalue weighted by atomic mass is 35.5. The molecule has 1 N–H and O–H groups in total. The summed E-state index contributed by atoms with van der Waals surface area (Å²) in [5.41, 5.74) is 3.51. The molecule has 0 atom stereocenters. The van der Waals surface area contributed by atoms with Gasteiger partial charge in [-0.1, -0.05) is 53.9 Å². The summed E-state index contributed by atoms with van der Waals surface area (Å²) >= 11 is 18.7. The van der Waals surface area contributed by atoms with Crippen LogP contribution in [0.25, 0.3) is 0 Å². The van der Waals surface area contributed by atoms with Gasteiger partial charge in [-0.25, -0.2) is 4.68 Å². The number of likely N-dealkylation sites (tertiary alicyclic amines) is 1. The fraction of sp³-hybridized carbons (Fsp3) is 0.259. The van der Waals surface area contributed by atoms with E-state index in [1.807, 2.05) is 53.2 Å². The van der Waals surface area contributed by atoms with Crippen molar-refractivity contribution in [2.75, 3.05) is 18.4 Å². The SMILES string of the molecule is S=c1n(CN2CCCCC2)nc(Cc2ccccc2Nc2c(Cl)cccc2Cl)n1/N=C/c1ccncc1. The molecule has 5 rings (SSSR count). The number of anilines is 2. The van der Waals surface area contributed by atoms with Gasteiger partial charge in [-0.3, -0.25) is 9.88 Å². The predicted molar refractivity (Wildman–Crippen MR) is 153 cm³/mol. The minimum absolute atomic E-state index is 0.509. The maximum Gasteiger partial charge on any atom is 0.220 e. The lowest BCUT2D eigenvalue weighted by atomic mass is 10.1. The molecule has 1 aliphatic rings. The van der Waals surface area contributed by atoms with Gasteiger partial charge in [0, 0.05) is 24.5 Å². The Labute approximate surface area is 231 Å². The van der Waals surface area contributed by atoms with Crippen molar-refractivity contribution < 1.29 is 0 Å². The number of piperidine rings is 1. The van der Waals surface area contributed by atoms with Crippen molar-refractivity contribution in [1.82, 2.24) is 24.3 Å². The van der Waals surface area contributed by atoms with Gasteiger partial charge in [0.15, 0.2) is 5.82 Å². The monoisotopic (exact) mass is 551 g/mol. The molecule has 7 nitrogen and oxygen atoms in total. The molecule has 37 heavy (non-hydrogen) atoms. The highest BCUT2D eigenvalue weighted by molar-refractivity contribution is 7.71. The number of hydrogen-bond donors (Lipinski definition) is 1. The third kappa shape index (κ3) is 6.27.